The second kappa shape index (κ2) is 4.86. The van der Waals surface area contributed by atoms with E-state index in [1.54, 1.807) is 11.6 Å². The molecule has 2 rings (SSSR count). The fourth-order valence-corrected chi connectivity index (χ4v) is 1.53. The van der Waals surface area contributed by atoms with Crippen molar-refractivity contribution in [2.45, 2.75) is 6.92 Å². The van der Waals surface area contributed by atoms with Crippen molar-refractivity contribution in [1.82, 2.24) is 9.78 Å². The van der Waals surface area contributed by atoms with Crippen LogP contribution in [0.5, 0.6) is 5.88 Å². The van der Waals surface area contributed by atoms with Gasteiger partial charge in [0.1, 0.15) is 19.1 Å². The van der Waals surface area contributed by atoms with Crippen molar-refractivity contribution >= 4 is 5.82 Å². The molecule has 0 fully saturated rings. The molecule has 0 amide bonds. The molecule has 0 atom stereocenters. The third kappa shape index (κ3) is 2.22. The molecule has 0 spiro atoms. The van der Waals surface area contributed by atoms with E-state index in [2.05, 4.69) is 5.10 Å². The fourth-order valence-electron chi connectivity index (χ4n) is 1.53. The predicted molar refractivity (Wildman–Crippen MR) is 64.2 cm³/mol. The maximum absolute atomic E-state index is 12.0. The predicted octanol–water partition coefficient (Wildman–Crippen LogP) is 2.11. The van der Waals surface area contributed by atoms with E-state index in [9.17, 15) is 4.39 Å². The largest absolute Gasteiger partial charge is 0.474 e. The summed E-state index contributed by atoms with van der Waals surface area (Å²) in [5.41, 5.74) is 7.51. The van der Waals surface area contributed by atoms with E-state index in [0.717, 1.165) is 11.3 Å². The van der Waals surface area contributed by atoms with Gasteiger partial charge in [-0.15, -0.1) is 5.10 Å². The highest BCUT2D eigenvalue weighted by Crippen LogP contribution is 2.25. The van der Waals surface area contributed by atoms with Crippen LogP contribution < -0.4 is 10.5 Å². The molecule has 2 aromatic rings. The van der Waals surface area contributed by atoms with E-state index in [-0.39, 0.29) is 6.61 Å². The quantitative estimate of drug-likeness (QED) is 0.883. The van der Waals surface area contributed by atoms with Gasteiger partial charge in [0.05, 0.1) is 11.3 Å². The highest BCUT2D eigenvalue weighted by Gasteiger charge is 2.13. The second-order valence-corrected chi connectivity index (χ2v) is 3.60. The molecule has 17 heavy (non-hydrogen) atoms. The van der Waals surface area contributed by atoms with Crippen molar-refractivity contribution in [2.75, 3.05) is 19.0 Å². The van der Waals surface area contributed by atoms with Gasteiger partial charge in [0, 0.05) is 0 Å². The molecule has 0 aliphatic rings. The Balaban J connectivity index is 2.36. The average molecular weight is 235 g/mol. The fraction of sp³-hybridized carbons (Fsp3) is 0.250. The van der Waals surface area contributed by atoms with E-state index in [4.69, 9.17) is 10.5 Å². The molecule has 0 saturated carbocycles. The van der Waals surface area contributed by atoms with E-state index < -0.39 is 6.67 Å². The first kappa shape index (κ1) is 11.4. The number of halogens is 1. The van der Waals surface area contributed by atoms with Gasteiger partial charge >= 0.3 is 0 Å². The molecular formula is C12H14FN3O. The topological polar surface area (TPSA) is 53.1 Å². The number of aromatic nitrogens is 2. The van der Waals surface area contributed by atoms with Crippen LogP contribution in [0.25, 0.3) is 5.69 Å². The third-order valence-electron chi connectivity index (χ3n) is 2.44. The maximum atomic E-state index is 12.0. The zero-order chi connectivity index (χ0) is 12.3. The smallest absolute Gasteiger partial charge is 0.238 e. The van der Waals surface area contributed by atoms with Crippen molar-refractivity contribution in [2.24, 2.45) is 0 Å². The minimum atomic E-state index is -0.544. The summed E-state index contributed by atoms with van der Waals surface area (Å²) in [6.07, 6.45) is 0. The summed E-state index contributed by atoms with van der Waals surface area (Å²) >= 11 is 0. The summed E-state index contributed by atoms with van der Waals surface area (Å²) in [7, 11) is 0. The Hall–Kier alpha value is -2.04. The lowest BCUT2D eigenvalue weighted by Crippen LogP contribution is -2.02. The van der Waals surface area contributed by atoms with Gasteiger partial charge in [-0.05, 0) is 19.1 Å². The van der Waals surface area contributed by atoms with Crippen molar-refractivity contribution < 1.29 is 9.13 Å². The van der Waals surface area contributed by atoms with Crippen LogP contribution in [0.4, 0.5) is 10.2 Å². The first-order chi connectivity index (χ1) is 8.24. The highest BCUT2D eigenvalue weighted by atomic mass is 19.1. The number of benzene rings is 1. The number of anilines is 1. The monoisotopic (exact) mass is 235 g/mol. The Kier molecular flexibility index (Phi) is 3.27. The van der Waals surface area contributed by atoms with Gasteiger partial charge < -0.3 is 10.5 Å². The van der Waals surface area contributed by atoms with Gasteiger partial charge in [-0.2, -0.15) is 0 Å². The molecular weight excluding hydrogens is 221 g/mol. The molecule has 0 aliphatic carbocycles. The molecule has 0 aliphatic heterocycles. The molecule has 5 heteroatoms. The van der Waals surface area contributed by atoms with Crippen LogP contribution >= 0.6 is 0 Å². The first-order valence-electron chi connectivity index (χ1n) is 5.33. The molecule has 0 unspecified atom stereocenters. The number of nitrogen functional groups attached to an aromatic ring is 1. The van der Waals surface area contributed by atoms with Crippen molar-refractivity contribution in [3.63, 3.8) is 0 Å². The number of nitrogens with zero attached hydrogens (tertiary/aromatic N) is 2. The molecule has 0 radical (unpaired) electrons. The Bertz CT molecular complexity index is 496. The summed E-state index contributed by atoms with van der Waals surface area (Å²) in [4.78, 5) is 0. The summed E-state index contributed by atoms with van der Waals surface area (Å²) in [6, 6.07) is 9.49. The van der Waals surface area contributed by atoms with Crippen LogP contribution in [0.3, 0.4) is 0 Å². The molecule has 1 heterocycles. The van der Waals surface area contributed by atoms with E-state index in [0.29, 0.717) is 11.7 Å². The molecule has 1 aromatic heterocycles. The molecule has 4 nitrogen and oxygen atoms in total. The normalized spacial score (nSPS) is 10.5. The standard InChI is InChI=1S/C12H14FN3O/c1-9-11(14)16(10-5-3-2-4-6-10)15-12(9)17-8-7-13/h2-6H,7-8,14H2,1H3. The minimum Gasteiger partial charge on any atom is -0.474 e. The van der Waals surface area contributed by atoms with Crippen molar-refractivity contribution in [1.29, 1.82) is 0 Å². The molecule has 90 valence electrons. The zero-order valence-electron chi connectivity index (χ0n) is 9.56. The van der Waals surface area contributed by atoms with E-state index in [1.165, 1.54) is 0 Å². The number of alkyl halides is 1. The van der Waals surface area contributed by atoms with Gasteiger partial charge in [-0.25, -0.2) is 9.07 Å². The number of rotatable bonds is 4. The van der Waals surface area contributed by atoms with Gasteiger partial charge in [-0.3, -0.25) is 0 Å². The number of nitrogens with two attached hydrogens (primary N) is 1. The lowest BCUT2D eigenvalue weighted by Gasteiger charge is -2.02. The number of para-hydroxylation sites is 1. The number of hydrogen-bond donors (Lipinski definition) is 1. The average Bonchev–Trinajstić information content (AvgIpc) is 2.65. The maximum Gasteiger partial charge on any atom is 0.238 e. The van der Waals surface area contributed by atoms with Gasteiger partial charge in [0.2, 0.25) is 5.88 Å². The number of hydrogen-bond acceptors (Lipinski definition) is 3. The summed E-state index contributed by atoms with van der Waals surface area (Å²) in [6.45, 7) is 1.25. The van der Waals surface area contributed by atoms with Crippen LogP contribution in [-0.4, -0.2) is 23.1 Å². The van der Waals surface area contributed by atoms with Gasteiger partial charge in [-0.1, -0.05) is 18.2 Å². The van der Waals surface area contributed by atoms with Crippen molar-refractivity contribution in [3.05, 3.63) is 35.9 Å². The molecule has 0 bridgehead atoms. The lowest BCUT2D eigenvalue weighted by atomic mass is 10.3. The second-order valence-electron chi connectivity index (χ2n) is 3.60. The molecule has 2 N–H and O–H groups in total. The van der Waals surface area contributed by atoms with Crippen LogP contribution in [0.2, 0.25) is 0 Å². The Morgan fingerprint density at radius 2 is 2.06 bits per heavy atom. The Labute approximate surface area is 98.8 Å². The summed E-state index contributed by atoms with van der Waals surface area (Å²) in [5, 5.41) is 4.22. The van der Waals surface area contributed by atoms with Crippen LogP contribution in [0.15, 0.2) is 30.3 Å². The number of ether oxygens (including phenoxy) is 1. The summed E-state index contributed by atoms with van der Waals surface area (Å²) in [5.74, 6) is 0.883. The Morgan fingerprint density at radius 1 is 1.35 bits per heavy atom. The SMILES string of the molecule is Cc1c(OCCF)nn(-c2ccccc2)c1N. The van der Waals surface area contributed by atoms with Crippen LogP contribution in [0.1, 0.15) is 5.56 Å². The lowest BCUT2D eigenvalue weighted by molar-refractivity contribution is 0.262. The first-order valence-corrected chi connectivity index (χ1v) is 5.33. The van der Waals surface area contributed by atoms with Gasteiger partial charge in [0.25, 0.3) is 0 Å². The zero-order valence-corrected chi connectivity index (χ0v) is 9.56. The Morgan fingerprint density at radius 3 is 2.71 bits per heavy atom. The van der Waals surface area contributed by atoms with Crippen LogP contribution in [-0.2, 0) is 0 Å². The molecule has 1 aromatic carbocycles. The van der Waals surface area contributed by atoms with E-state index >= 15 is 0 Å². The molecule has 0 saturated heterocycles. The van der Waals surface area contributed by atoms with E-state index in [1.807, 2.05) is 30.3 Å². The van der Waals surface area contributed by atoms with Crippen LogP contribution in [0, 0.1) is 6.92 Å². The highest BCUT2D eigenvalue weighted by molar-refractivity contribution is 5.51. The van der Waals surface area contributed by atoms with Gasteiger partial charge in [0.15, 0.2) is 0 Å². The summed E-state index contributed by atoms with van der Waals surface area (Å²) < 4.78 is 18.8. The van der Waals surface area contributed by atoms with Crippen molar-refractivity contribution in [3.8, 4) is 11.6 Å². The minimum absolute atomic E-state index is 0.00785. The third-order valence-corrected chi connectivity index (χ3v) is 2.44.